The van der Waals surface area contributed by atoms with Crippen LogP contribution in [0.5, 0.6) is 0 Å². The van der Waals surface area contributed by atoms with Crippen LogP contribution < -0.4 is 5.32 Å². The van der Waals surface area contributed by atoms with Gasteiger partial charge < -0.3 is 10.4 Å². The summed E-state index contributed by atoms with van der Waals surface area (Å²) in [4.78, 5) is 0. The van der Waals surface area contributed by atoms with Gasteiger partial charge in [0.1, 0.15) is 0 Å². The van der Waals surface area contributed by atoms with Crippen LogP contribution >= 0.6 is 11.6 Å². The summed E-state index contributed by atoms with van der Waals surface area (Å²) in [5, 5.41) is 11.3. The summed E-state index contributed by atoms with van der Waals surface area (Å²) in [6.07, 6.45) is -3.99. The van der Waals surface area contributed by atoms with Gasteiger partial charge in [-0.2, -0.15) is 13.2 Å². The first kappa shape index (κ1) is 15.3. The van der Waals surface area contributed by atoms with E-state index in [1.54, 1.807) is 6.07 Å². The Morgan fingerprint density at radius 2 is 2.06 bits per heavy atom. The zero-order valence-corrected chi connectivity index (χ0v) is 10.6. The molecule has 0 saturated carbocycles. The van der Waals surface area contributed by atoms with E-state index in [1.807, 2.05) is 6.92 Å². The fourth-order valence-corrected chi connectivity index (χ4v) is 1.88. The van der Waals surface area contributed by atoms with E-state index in [1.165, 1.54) is 6.07 Å². The lowest BCUT2D eigenvalue weighted by molar-refractivity contribution is -0.137. The maximum absolute atomic E-state index is 12.6. The lowest BCUT2D eigenvalue weighted by Gasteiger charge is -2.15. The van der Waals surface area contributed by atoms with Gasteiger partial charge in [0.25, 0.3) is 0 Å². The molecule has 18 heavy (non-hydrogen) atoms. The maximum atomic E-state index is 12.6. The molecule has 0 bridgehead atoms. The van der Waals surface area contributed by atoms with Crippen LogP contribution in [0.15, 0.2) is 18.2 Å². The van der Waals surface area contributed by atoms with Gasteiger partial charge >= 0.3 is 6.18 Å². The number of rotatable bonds is 5. The molecular weight excluding hydrogens is 267 g/mol. The van der Waals surface area contributed by atoms with Crippen molar-refractivity contribution in [2.45, 2.75) is 25.6 Å². The monoisotopic (exact) mass is 281 g/mol. The molecule has 0 amide bonds. The maximum Gasteiger partial charge on any atom is 0.417 e. The van der Waals surface area contributed by atoms with Crippen molar-refractivity contribution in [2.24, 2.45) is 0 Å². The van der Waals surface area contributed by atoms with Crippen molar-refractivity contribution in [1.82, 2.24) is 5.32 Å². The normalized spacial score (nSPS) is 13.7. The van der Waals surface area contributed by atoms with E-state index in [0.717, 1.165) is 6.07 Å². The smallest absolute Gasteiger partial charge is 0.395 e. The van der Waals surface area contributed by atoms with Crippen LogP contribution in [0.3, 0.4) is 0 Å². The minimum absolute atomic E-state index is 0.00123. The van der Waals surface area contributed by atoms with E-state index in [-0.39, 0.29) is 17.7 Å². The Labute approximate surface area is 109 Å². The Kier molecular flexibility index (Phi) is 5.44. The molecule has 0 fully saturated rings. The van der Waals surface area contributed by atoms with Crippen molar-refractivity contribution >= 4 is 11.6 Å². The summed E-state index contributed by atoms with van der Waals surface area (Å²) in [7, 11) is 0. The first-order chi connectivity index (χ1) is 8.34. The van der Waals surface area contributed by atoms with Crippen LogP contribution in [0.25, 0.3) is 0 Å². The quantitative estimate of drug-likeness (QED) is 0.870. The number of benzene rings is 1. The Morgan fingerprint density at radius 1 is 1.39 bits per heavy atom. The lowest BCUT2D eigenvalue weighted by atomic mass is 10.0. The highest BCUT2D eigenvalue weighted by Crippen LogP contribution is 2.35. The second-order valence-corrected chi connectivity index (χ2v) is 4.50. The van der Waals surface area contributed by atoms with Crippen LogP contribution in [0.4, 0.5) is 13.2 Å². The molecule has 0 aliphatic heterocycles. The average Bonchev–Trinajstić information content (AvgIpc) is 2.27. The van der Waals surface area contributed by atoms with Crippen LogP contribution in [0.1, 0.15) is 18.1 Å². The molecule has 2 N–H and O–H groups in total. The average molecular weight is 282 g/mol. The highest BCUT2D eigenvalue weighted by atomic mass is 35.5. The summed E-state index contributed by atoms with van der Waals surface area (Å²) in [5.41, 5.74) is -0.249. The second-order valence-electron chi connectivity index (χ2n) is 4.09. The molecule has 1 rings (SSSR count). The highest BCUT2D eigenvalue weighted by molar-refractivity contribution is 6.31. The largest absolute Gasteiger partial charge is 0.417 e. The number of nitrogens with one attached hydrogen (secondary N) is 1. The molecule has 6 heteroatoms. The van der Waals surface area contributed by atoms with Gasteiger partial charge in [-0.1, -0.05) is 17.7 Å². The Morgan fingerprint density at radius 3 is 2.61 bits per heavy atom. The van der Waals surface area contributed by atoms with Crippen molar-refractivity contribution in [3.63, 3.8) is 0 Å². The molecule has 0 unspecified atom stereocenters. The molecule has 1 aromatic carbocycles. The molecule has 0 saturated heterocycles. The van der Waals surface area contributed by atoms with Gasteiger partial charge in [-0.25, -0.2) is 0 Å². The summed E-state index contributed by atoms with van der Waals surface area (Å²) in [6.45, 7) is 2.26. The standard InChI is InChI=1S/C12H15ClF3NO/c1-8(17-4-5-18)6-9-2-3-11(13)10(7-9)12(14,15)16/h2-3,7-8,17-18H,4-6H2,1H3/t8-/m0/s1. The molecule has 0 aliphatic rings. The van der Waals surface area contributed by atoms with Gasteiger partial charge in [-0.3, -0.25) is 0 Å². The Balaban J connectivity index is 2.79. The third kappa shape index (κ3) is 4.48. The number of hydrogen-bond donors (Lipinski definition) is 2. The molecule has 0 radical (unpaired) electrons. The number of alkyl halides is 3. The number of halogens is 4. The van der Waals surface area contributed by atoms with E-state index in [0.29, 0.717) is 18.5 Å². The highest BCUT2D eigenvalue weighted by Gasteiger charge is 2.33. The molecular formula is C12H15ClF3NO. The SMILES string of the molecule is C[C@@H](Cc1ccc(Cl)c(C(F)(F)F)c1)NCCO. The summed E-state index contributed by atoms with van der Waals surface area (Å²) in [5.74, 6) is 0. The zero-order valence-electron chi connectivity index (χ0n) is 9.89. The fourth-order valence-electron chi connectivity index (χ4n) is 1.65. The minimum Gasteiger partial charge on any atom is -0.395 e. The third-order valence-corrected chi connectivity index (χ3v) is 2.81. The fraction of sp³-hybridized carbons (Fsp3) is 0.500. The number of aliphatic hydroxyl groups excluding tert-OH is 1. The second kappa shape index (κ2) is 6.41. The van der Waals surface area contributed by atoms with Crippen LogP contribution in [-0.4, -0.2) is 24.3 Å². The summed E-state index contributed by atoms with van der Waals surface area (Å²) < 4.78 is 37.9. The zero-order chi connectivity index (χ0) is 13.8. The van der Waals surface area contributed by atoms with E-state index < -0.39 is 11.7 Å². The lowest BCUT2D eigenvalue weighted by Crippen LogP contribution is -2.30. The molecule has 1 aromatic rings. The van der Waals surface area contributed by atoms with Crippen LogP contribution in [-0.2, 0) is 12.6 Å². The Bertz CT molecular complexity index is 395. The topological polar surface area (TPSA) is 32.3 Å². The first-order valence-corrected chi connectivity index (χ1v) is 5.92. The van der Waals surface area contributed by atoms with Crippen molar-refractivity contribution in [2.75, 3.05) is 13.2 Å². The van der Waals surface area contributed by atoms with Gasteiger partial charge in [0.15, 0.2) is 0 Å². The molecule has 0 spiro atoms. The molecule has 0 heterocycles. The van der Waals surface area contributed by atoms with Crippen molar-refractivity contribution in [3.8, 4) is 0 Å². The summed E-state index contributed by atoms with van der Waals surface area (Å²) in [6, 6.07) is 3.89. The number of aliphatic hydroxyl groups is 1. The molecule has 102 valence electrons. The first-order valence-electron chi connectivity index (χ1n) is 5.54. The van der Waals surface area contributed by atoms with Gasteiger partial charge in [-0.15, -0.1) is 0 Å². The van der Waals surface area contributed by atoms with Gasteiger partial charge in [-0.05, 0) is 31.0 Å². The van der Waals surface area contributed by atoms with Crippen LogP contribution in [0.2, 0.25) is 5.02 Å². The van der Waals surface area contributed by atoms with E-state index in [9.17, 15) is 13.2 Å². The van der Waals surface area contributed by atoms with Gasteiger partial charge in [0.05, 0.1) is 17.2 Å². The molecule has 0 aliphatic carbocycles. The van der Waals surface area contributed by atoms with E-state index in [2.05, 4.69) is 5.32 Å². The predicted molar refractivity (Wildman–Crippen MR) is 64.7 cm³/mol. The van der Waals surface area contributed by atoms with Crippen LogP contribution in [0, 0.1) is 0 Å². The Hall–Kier alpha value is -0.780. The van der Waals surface area contributed by atoms with Crippen molar-refractivity contribution < 1.29 is 18.3 Å². The van der Waals surface area contributed by atoms with Crippen molar-refractivity contribution in [1.29, 1.82) is 0 Å². The molecule has 2 nitrogen and oxygen atoms in total. The molecule has 0 aromatic heterocycles. The minimum atomic E-state index is -4.44. The van der Waals surface area contributed by atoms with E-state index in [4.69, 9.17) is 16.7 Å². The van der Waals surface area contributed by atoms with Crippen molar-refractivity contribution in [3.05, 3.63) is 34.3 Å². The van der Waals surface area contributed by atoms with Gasteiger partial charge in [0.2, 0.25) is 0 Å². The number of hydrogen-bond acceptors (Lipinski definition) is 2. The third-order valence-electron chi connectivity index (χ3n) is 2.48. The predicted octanol–water partition coefficient (Wildman–Crippen LogP) is 2.87. The summed E-state index contributed by atoms with van der Waals surface area (Å²) >= 11 is 5.53. The van der Waals surface area contributed by atoms with E-state index >= 15 is 0 Å². The van der Waals surface area contributed by atoms with Gasteiger partial charge in [0, 0.05) is 12.6 Å². The molecule has 1 atom stereocenters.